The molecule has 2 rings (SSSR count). The van der Waals surface area contributed by atoms with Crippen molar-refractivity contribution >= 4 is 0 Å². The number of hydrogen-bond donors (Lipinski definition) is 1. The number of aryl methyl sites for hydroxylation is 2. The minimum atomic E-state index is 0.619. The molecular weight excluding hydrogens is 254 g/mol. The van der Waals surface area contributed by atoms with Gasteiger partial charge in [0.15, 0.2) is 5.82 Å². The van der Waals surface area contributed by atoms with Gasteiger partial charge in [-0.3, -0.25) is 0 Å². The largest absolute Gasteiger partial charge is 0.383 e. The fraction of sp³-hybridized carbons (Fsp3) is 0.500. The lowest BCUT2D eigenvalue weighted by atomic mass is 10.1. The van der Waals surface area contributed by atoms with E-state index in [-0.39, 0.29) is 0 Å². The van der Waals surface area contributed by atoms with Crippen LogP contribution in [0.25, 0.3) is 5.69 Å². The minimum absolute atomic E-state index is 0.619. The summed E-state index contributed by atoms with van der Waals surface area (Å²) in [5.74, 6) is 0.810. The van der Waals surface area contributed by atoms with Crippen molar-refractivity contribution in [3.63, 3.8) is 0 Å². The van der Waals surface area contributed by atoms with Crippen molar-refractivity contribution in [1.29, 1.82) is 0 Å². The summed E-state index contributed by atoms with van der Waals surface area (Å²) in [6, 6.07) is 6.27. The van der Waals surface area contributed by atoms with Gasteiger partial charge < -0.3 is 10.1 Å². The molecule has 6 nitrogen and oxygen atoms in total. The van der Waals surface area contributed by atoms with Gasteiger partial charge in [-0.25, -0.2) is 0 Å². The van der Waals surface area contributed by atoms with Crippen molar-refractivity contribution in [2.45, 2.75) is 26.8 Å². The van der Waals surface area contributed by atoms with Gasteiger partial charge in [-0.1, -0.05) is 25.1 Å². The van der Waals surface area contributed by atoms with Crippen molar-refractivity contribution in [3.05, 3.63) is 35.2 Å². The number of ether oxygens (including phenoxy) is 1. The monoisotopic (exact) mass is 275 g/mol. The number of aromatic nitrogens is 4. The fourth-order valence-corrected chi connectivity index (χ4v) is 2.17. The van der Waals surface area contributed by atoms with E-state index in [1.54, 1.807) is 7.11 Å². The van der Waals surface area contributed by atoms with E-state index in [2.05, 4.69) is 52.9 Å². The Kier molecular flexibility index (Phi) is 5.20. The number of methoxy groups -OCH3 is 1. The summed E-state index contributed by atoms with van der Waals surface area (Å²) < 4.78 is 6.84. The van der Waals surface area contributed by atoms with E-state index >= 15 is 0 Å². The molecule has 1 aromatic heterocycles. The summed E-state index contributed by atoms with van der Waals surface area (Å²) >= 11 is 0. The van der Waals surface area contributed by atoms with E-state index in [0.29, 0.717) is 13.2 Å². The third-order valence-electron chi connectivity index (χ3n) is 3.21. The maximum Gasteiger partial charge on any atom is 0.170 e. The van der Waals surface area contributed by atoms with Crippen molar-refractivity contribution in [2.24, 2.45) is 0 Å². The molecule has 0 aliphatic rings. The van der Waals surface area contributed by atoms with Crippen LogP contribution < -0.4 is 5.32 Å². The number of tetrazole rings is 1. The molecule has 1 N–H and O–H groups in total. The molecule has 0 aliphatic heterocycles. The van der Waals surface area contributed by atoms with E-state index in [0.717, 1.165) is 24.5 Å². The van der Waals surface area contributed by atoms with Crippen molar-refractivity contribution in [1.82, 2.24) is 25.5 Å². The Balaban J connectivity index is 2.23. The van der Waals surface area contributed by atoms with Gasteiger partial charge in [0.25, 0.3) is 0 Å². The van der Waals surface area contributed by atoms with E-state index in [1.807, 2.05) is 4.68 Å². The number of nitrogens with zero attached hydrogens (tertiary/aromatic N) is 4. The van der Waals surface area contributed by atoms with Gasteiger partial charge in [-0.15, -0.1) is 5.10 Å². The van der Waals surface area contributed by atoms with E-state index in [1.165, 1.54) is 11.1 Å². The second-order valence-corrected chi connectivity index (χ2v) is 4.61. The summed E-state index contributed by atoms with van der Waals surface area (Å²) in [7, 11) is 1.69. The number of rotatable bonds is 7. The molecule has 0 radical (unpaired) electrons. The zero-order chi connectivity index (χ0) is 14.4. The van der Waals surface area contributed by atoms with Gasteiger partial charge in [-0.2, -0.15) is 4.68 Å². The van der Waals surface area contributed by atoms with Crippen LogP contribution in [0.2, 0.25) is 0 Å². The summed E-state index contributed by atoms with van der Waals surface area (Å²) in [5.41, 5.74) is 3.51. The first-order chi connectivity index (χ1) is 9.77. The van der Waals surface area contributed by atoms with Crippen LogP contribution in [0.15, 0.2) is 18.2 Å². The van der Waals surface area contributed by atoms with Crippen LogP contribution in [0.4, 0.5) is 0 Å². The quantitative estimate of drug-likeness (QED) is 0.771. The van der Waals surface area contributed by atoms with Crippen LogP contribution in [0.3, 0.4) is 0 Å². The highest BCUT2D eigenvalue weighted by molar-refractivity contribution is 5.47. The lowest BCUT2D eigenvalue weighted by molar-refractivity contribution is 0.199. The van der Waals surface area contributed by atoms with Gasteiger partial charge in [0.2, 0.25) is 0 Å². The van der Waals surface area contributed by atoms with E-state index in [9.17, 15) is 0 Å². The predicted octanol–water partition coefficient (Wildman–Crippen LogP) is 1.27. The first-order valence-electron chi connectivity index (χ1n) is 6.83. The molecule has 20 heavy (non-hydrogen) atoms. The van der Waals surface area contributed by atoms with Gasteiger partial charge in [0.1, 0.15) is 0 Å². The van der Waals surface area contributed by atoms with Crippen molar-refractivity contribution in [3.8, 4) is 5.69 Å². The minimum Gasteiger partial charge on any atom is -0.383 e. The fourth-order valence-electron chi connectivity index (χ4n) is 2.17. The number of para-hydroxylation sites is 1. The lowest BCUT2D eigenvalue weighted by Gasteiger charge is -2.12. The first-order valence-corrected chi connectivity index (χ1v) is 6.83. The van der Waals surface area contributed by atoms with Gasteiger partial charge in [-0.05, 0) is 34.9 Å². The Bertz CT molecular complexity index is 552. The molecule has 0 saturated heterocycles. The molecule has 0 fully saturated rings. The number of nitrogens with one attached hydrogen (secondary N) is 1. The van der Waals surface area contributed by atoms with Crippen LogP contribution in [-0.4, -0.2) is 40.5 Å². The van der Waals surface area contributed by atoms with E-state index in [4.69, 9.17) is 4.74 Å². The number of hydrogen-bond acceptors (Lipinski definition) is 5. The molecule has 0 atom stereocenters. The Labute approximate surface area is 119 Å². The second-order valence-electron chi connectivity index (χ2n) is 4.61. The molecule has 1 aromatic carbocycles. The molecule has 108 valence electrons. The molecule has 0 amide bonds. The summed E-state index contributed by atoms with van der Waals surface area (Å²) in [5, 5.41) is 15.3. The molecule has 6 heteroatoms. The first kappa shape index (κ1) is 14.6. The molecule has 0 aliphatic carbocycles. The molecule has 0 unspecified atom stereocenters. The average Bonchev–Trinajstić information content (AvgIpc) is 2.91. The Hall–Kier alpha value is -1.79. The van der Waals surface area contributed by atoms with Gasteiger partial charge >= 0.3 is 0 Å². The Morgan fingerprint density at radius 1 is 1.35 bits per heavy atom. The Morgan fingerprint density at radius 3 is 2.95 bits per heavy atom. The zero-order valence-electron chi connectivity index (χ0n) is 12.3. The molecular formula is C14H21N5O. The third-order valence-corrected chi connectivity index (χ3v) is 3.21. The number of benzene rings is 1. The highest BCUT2D eigenvalue weighted by atomic mass is 16.5. The summed E-state index contributed by atoms with van der Waals surface area (Å²) in [6.45, 7) is 6.29. The van der Waals surface area contributed by atoms with Crippen LogP contribution in [0.5, 0.6) is 0 Å². The second kappa shape index (κ2) is 7.12. The van der Waals surface area contributed by atoms with Crippen molar-refractivity contribution in [2.75, 3.05) is 20.3 Å². The topological polar surface area (TPSA) is 64.9 Å². The normalized spacial score (nSPS) is 10.9. The van der Waals surface area contributed by atoms with E-state index < -0.39 is 0 Å². The zero-order valence-corrected chi connectivity index (χ0v) is 12.3. The SMILES string of the molecule is CCc1cccc(C)c1-n1nnnc1CNCCOC. The summed E-state index contributed by atoms with van der Waals surface area (Å²) in [6.07, 6.45) is 0.952. The lowest BCUT2D eigenvalue weighted by Crippen LogP contribution is -2.21. The Morgan fingerprint density at radius 2 is 2.20 bits per heavy atom. The molecule has 1 heterocycles. The maximum absolute atomic E-state index is 5.01. The predicted molar refractivity (Wildman–Crippen MR) is 76.9 cm³/mol. The third kappa shape index (κ3) is 3.20. The van der Waals surface area contributed by atoms with Gasteiger partial charge in [0, 0.05) is 13.7 Å². The van der Waals surface area contributed by atoms with Crippen LogP contribution in [-0.2, 0) is 17.7 Å². The summed E-state index contributed by atoms with van der Waals surface area (Å²) in [4.78, 5) is 0. The smallest absolute Gasteiger partial charge is 0.170 e. The average molecular weight is 275 g/mol. The molecule has 0 spiro atoms. The highest BCUT2D eigenvalue weighted by Gasteiger charge is 2.13. The maximum atomic E-state index is 5.01. The van der Waals surface area contributed by atoms with Crippen LogP contribution in [0.1, 0.15) is 23.9 Å². The molecule has 0 bridgehead atoms. The molecule has 0 saturated carbocycles. The van der Waals surface area contributed by atoms with Crippen molar-refractivity contribution < 1.29 is 4.74 Å². The van der Waals surface area contributed by atoms with Crippen LogP contribution in [0, 0.1) is 6.92 Å². The molecule has 2 aromatic rings. The van der Waals surface area contributed by atoms with Crippen LogP contribution >= 0.6 is 0 Å². The van der Waals surface area contributed by atoms with Gasteiger partial charge in [0.05, 0.1) is 18.8 Å². The standard InChI is InChI=1S/C14H21N5O/c1-4-12-7-5-6-11(2)14(12)19-13(16-17-18-19)10-15-8-9-20-3/h5-7,15H,4,8-10H2,1-3H3. The highest BCUT2D eigenvalue weighted by Crippen LogP contribution is 2.19.